The highest BCUT2D eigenvalue weighted by molar-refractivity contribution is 9.09. The van der Waals surface area contributed by atoms with Crippen LogP contribution in [0, 0.1) is 52.8 Å². The molecule has 1 amide bonds. The number of aromatic nitrogens is 2. The molecule has 440 valence electrons. The fourth-order valence-electron chi connectivity index (χ4n) is 3.10. The second-order valence-electron chi connectivity index (χ2n) is 20.8. The Balaban J connectivity index is -0.0000000929. The van der Waals surface area contributed by atoms with E-state index < -0.39 is 6.17 Å². The Labute approximate surface area is 484 Å². The number of alkyl halides is 3. The number of benzene rings is 2. The standard InChI is InChI=1S/C11H16O.C9H11Cl.C8H15N.C7H10N2.C4H9NO.C4H7N.C4H10O.C4H10.C3H7Br.C3H7Cl.C3H7F.C3H8/c1-9(2)8-10-4-6-11(12-3)7-5-10;1-7(2)8-3-5-9(10)6-4-8;1-8(2)6-5-7-9(3)4;1-6(2)7-3-8-5-9-4-7;1-3(2)4(5)6;1-4(2)3-5;1-4(2)5-3;1-4(2)3;3*1-3(2)4;1-3-2/h4-7,9H,8H2,1-3H3;3-7H,1-2H3;8H,7H2,1-4H3;3-6H,1-2H3;3H,1-2H3,(H2,5,6);4H,1-2H3;4H,1-3H3;4H,1-3H3;3*3H,1-2H3;3H2,1-2H3. The molecule has 0 saturated heterocycles. The van der Waals surface area contributed by atoms with Crippen LogP contribution in [0.15, 0.2) is 67.3 Å². The first-order valence-corrected chi connectivity index (χ1v) is 28.5. The van der Waals surface area contributed by atoms with Crippen LogP contribution in [-0.4, -0.2) is 78.1 Å². The number of nitriles is 1. The van der Waals surface area contributed by atoms with Crippen molar-refractivity contribution in [1.29, 1.82) is 5.26 Å². The maximum atomic E-state index is 11.0. The molecule has 1 heterocycles. The van der Waals surface area contributed by atoms with Gasteiger partial charge in [0.1, 0.15) is 12.1 Å². The van der Waals surface area contributed by atoms with Gasteiger partial charge in [0, 0.05) is 52.5 Å². The van der Waals surface area contributed by atoms with Gasteiger partial charge in [0.25, 0.3) is 0 Å². The Morgan fingerprint density at radius 1 is 0.720 bits per heavy atom. The van der Waals surface area contributed by atoms with Gasteiger partial charge in [0.05, 0.1) is 32.0 Å². The number of hydrogen-bond donors (Lipinski definition) is 1. The lowest BCUT2D eigenvalue weighted by atomic mass is 10.0. The number of methoxy groups -OCH3 is 2. The maximum absolute atomic E-state index is 11.0. The Morgan fingerprint density at radius 3 is 1.24 bits per heavy atom. The number of hydrogen-bond acceptors (Lipinski definition) is 7. The third-order valence-electron chi connectivity index (χ3n) is 6.67. The number of halogens is 4. The van der Waals surface area contributed by atoms with Crippen LogP contribution in [0.2, 0.25) is 5.02 Å². The Morgan fingerprint density at radius 2 is 1.04 bits per heavy atom. The molecule has 0 saturated carbocycles. The Kier molecular flexibility index (Phi) is 81.3. The van der Waals surface area contributed by atoms with Gasteiger partial charge in [0.2, 0.25) is 5.91 Å². The predicted molar refractivity (Wildman–Crippen MR) is 339 cm³/mol. The Hall–Kier alpha value is -3.25. The highest BCUT2D eigenvalue weighted by Crippen LogP contribution is 2.17. The van der Waals surface area contributed by atoms with Crippen LogP contribution in [0.1, 0.15) is 208 Å². The van der Waals surface area contributed by atoms with Crippen LogP contribution in [0.25, 0.3) is 0 Å². The molecule has 1 aromatic heterocycles. The van der Waals surface area contributed by atoms with E-state index >= 15 is 0 Å². The van der Waals surface area contributed by atoms with Gasteiger partial charge in [-0.05, 0) is 141 Å². The van der Waals surface area contributed by atoms with Crippen molar-refractivity contribution >= 4 is 45.0 Å². The molecule has 3 aromatic rings. The zero-order valence-electron chi connectivity index (χ0n) is 53.4. The van der Waals surface area contributed by atoms with Crippen LogP contribution in [0.4, 0.5) is 4.39 Å². The number of amides is 1. The number of primary amides is 1. The van der Waals surface area contributed by atoms with Gasteiger partial charge in [-0.2, -0.15) is 5.26 Å². The monoisotopic (exact) mass is 1160 g/mol. The lowest BCUT2D eigenvalue weighted by molar-refractivity contribution is -0.120. The summed E-state index contributed by atoms with van der Waals surface area (Å²) in [4.78, 5) is 20.4. The van der Waals surface area contributed by atoms with E-state index in [0.717, 1.165) is 35.6 Å². The molecule has 2 aromatic carbocycles. The number of carbonyl (C=O) groups is 1. The van der Waals surface area contributed by atoms with Crippen molar-refractivity contribution < 1.29 is 18.7 Å². The fourth-order valence-corrected chi connectivity index (χ4v) is 3.22. The molecule has 0 spiro atoms. The summed E-state index contributed by atoms with van der Waals surface area (Å²) in [5, 5.41) is 9.01. The van der Waals surface area contributed by atoms with E-state index in [-0.39, 0.29) is 17.7 Å². The van der Waals surface area contributed by atoms with Crippen LogP contribution >= 0.6 is 39.1 Å². The summed E-state index contributed by atoms with van der Waals surface area (Å²) >= 11 is 14.3. The normalized spacial score (nSPS) is 9.44. The molecule has 8 nitrogen and oxygen atoms in total. The van der Waals surface area contributed by atoms with Gasteiger partial charge >= 0.3 is 0 Å². The van der Waals surface area contributed by atoms with Crippen molar-refractivity contribution in [2.24, 2.45) is 35.3 Å². The van der Waals surface area contributed by atoms with Gasteiger partial charge in [-0.3, -0.25) is 9.69 Å². The molecule has 0 radical (unpaired) electrons. The van der Waals surface area contributed by atoms with Crippen molar-refractivity contribution in [2.45, 2.75) is 220 Å². The second kappa shape index (κ2) is 66.9. The van der Waals surface area contributed by atoms with Gasteiger partial charge in [-0.1, -0.05) is 188 Å². The highest BCUT2D eigenvalue weighted by atomic mass is 79.9. The summed E-state index contributed by atoms with van der Waals surface area (Å²) < 4.78 is 20.8. The zero-order chi connectivity index (χ0) is 61.2. The lowest BCUT2D eigenvalue weighted by Gasteiger charge is -2.05. The quantitative estimate of drug-likeness (QED) is 0.176. The summed E-state index contributed by atoms with van der Waals surface area (Å²) in [5.41, 5.74) is 8.71. The largest absolute Gasteiger partial charge is 0.497 e. The minimum Gasteiger partial charge on any atom is -0.497 e. The number of nitrogens with zero attached hydrogens (tertiary/aromatic N) is 4. The van der Waals surface area contributed by atoms with E-state index in [1.54, 1.807) is 34.4 Å². The van der Waals surface area contributed by atoms with E-state index in [1.807, 2.05) is 98.4 Å². The second-order valence-corrected chi connectivity index (χ2v) is 23.9. The molecule has 0 unspecified atom stereocenters. The van der Waals surface area contributed by atoms with Crippen LogP contribution in [0.3, 0.4) is 0 Å². The zero-order valence-corrected chi connectivity index (χ0v) is 56.5. The molecule has 0 bridgehead atoms. The molecule has 0 aliphatic heterocycles. The lowest BCUT2D eigenvalue weighted by Crippen LogP contribution is -2.17. The summed E-state index contributed by atoms with van der Waals surface area (Å²) in [6.07, 6.45) is 7.35. The average Bonchev–Trinajstić information content (AvgIpc) is 3.27. The van der Waals surface area contributed by atoms with Crippen molar-refractivity contribution in [3.8, 4) is 23.7 Å². The Bertz CT molecular complexity index is 1620. The molecule has 12 heteroatoms. The van der Waals surface area contributed by atoms with Crippen molar-refractivity contribution in [2.75, 3.05) is 34.9 Å². The van der Waals surface area contributed by atoms with Crippen LogP contribution < -0.4 is 10.5 Å². The smallest absolute Gasteiger partial charge is 0.219 e. The maximum Gasteiger partial charge on any atom is 0.219 e. The highest BCUT2D eigenvalue weighted by Gasteiger charge is 1.99. The predicted octanol–water partition coefficient (Wildman–Crippen LogP) is 19.4. The first-order chi connectivity index (χ1) is 34.4. The van der Waals surface area contributed by atoms with E-state index in [1.165, 1.54) is 37.0 Å². The molecule has 0 atom stereocenters. The molecule has 75 heavy (non-hydrogen) atoms. The SMILES string of the molecule is CC(C)Br.CC(C)C.CC(C)C#CCN(C)C.CC(C)C#N.CC(C)C(N)=O.CC(C)Cl.CC(C)F.CC(C)c1ccc(Cl)cc1.CC(C)c1cncnc1.CCC.COC(C)C.COc1ccc(CC(C)C)cc1. The first-order valence-electron chi connectivity index (χ1n) is 26.8. The van der Waals surface area contributed by atoms with Gasteiger partial charge < -0.3 is 15.2 Å². The number of rotatable bonds is 8. The third-order valence-corrected chi connectivity index (χ3v) is 6.92. The van der Waals surface area contributed by atoms with Gasteiger partial charge in [-0.15, -0.1) is 11.6 Å². The van der Waals surface area contributed by atoms with Crippen LogP contribution in [-0.2, 0) is 16.0 Å². The number of nitrogens with two attached hydrogens (primary N) is 1. The molecule has 0 aliphatic rings. The summed E-state index contributed by atoms with van der Waals surface area (Å²) in [5.74, 6) is 10.2. The number of ether oxygens (including phenoxy) is 2. The fraction of sp³-hybridized carbons (Fsp3) is 0.683. The van der Waals surface area contributed by atoms with E-state index in [2.05, 4.69) is 171 Å². The molecule has 2 N–H and O–H groups in total. The van der Waals surface area contributed by atoms with Crippen molar-refractivity contribution in [3.63, 3.8) is 0 Å². The molecule has 3 rings (SSSR count). The topological polar surface area (TPSA) is 114 Å². The van der Waals surface area contributed by atoms with Gasteiger partial charge in [0.15, 0.2) is 0 Å². The van der Waals surface area contributed by atoms with E-state index in [0.29, 0.717) is 34.1 Å². The number of carbonyl (C=O) groups excluding carboxylic acids is 1. The van der Waals surface area contributed by atoms with Crippen molar-refractivity contribution in [1.82, 2.24) is 14.9 Å². The molecule has 0 aliphatic carbocycles. The minimum atomic E-state index is -0.667. The summed E-state index contributed by atoms with van der Waals surface area (Å²) in [6.45, 7) is 51.1. The third kappa shape index (κ3) is 120. The molecule has 0 fully saturated rings. The average molecular weight is 1160 g/mol. The van der Waals surface area contributed by atoms with Crippen molar-refractivity contribution in [3.05, 3.63) is 89.0 Å². The van der Waals surface area contributed by atoms with E-state index in [9.17, 15) is 9.18 Å². The first kappa shape index (κ1) is 91.2. The summed E-state index contributed by atoms with van der Waals surface area (Å²) in [6, 6.07) is 18.3. The van der Waals surface area contributed by atoms with Gasteiger partial charge in [-0.25, -0.2) is 14.4 Å². The molecular formula is C63H117BrCl2FN5O3. The minimum absolute atomic E-state index is 0.00926. The van der Waals surface area contributed by atoms with Crippen LogP contribution in [0.5, 0.6) is 5.75 Å². The summed E-state index contributed by atoms with van der Waals surface area (Å²) in [7, 11) is 7.44. The molecular weight excluding hydrogens is 1040 g/mol. The van der Waals surface area contributed by atoms with E-state index in [4.69, 9.17) is 43.7 Å².